The second-order valence-electron chi connectivity index (χ2n) is 6.06. The lowest BCUT2D eigenvalue weighted by Crippen LogP contribution is -2.35. The minimum Gasteiger partial charge on any atom is -0.344 e. The quantitative estimate of drug-likeness (QED) is 0.579. The van der Waals surface area contributed by atoms with Crippen molar-refractivity contribution in [2.24, 2.45) is 0 Å². The van der Waals surface area contributed by atoms with Crippen LogP contribution < -0.4 is 16.2 Å². The Bertz CT molecular complexity index is 1090. The molecule has 0 aliphatic heterocycles. The molecule has 9 nitrogen and oxygen atoms in total. The van der Waals surface area contributed by atoms with E-state index in [4.69, 9.17) is 0 Å². The number of nitrogens with one attached hydrogen (secondary N) is 3. The Morgan fingerprint density at radius 1 is 1.11 bits per heavy atom. The molecule has 0 aliphatic carbocycles. The summed E-state index contributed by atoms with van der Waals surface area (Å²) < 4.78 is 14.1. The van der Waals surface area contributed by atoms with Crippen molar-refractivity contribution >= 4 is 17.6 Å². The number of nitrogens with zero attached hydrogens (tertiary/aromatic N) is 3. The summed E-state index contributed by atoms with van der Waals surface area (Å²) in [6.45, 7) is 3.41. The van der Waals surface area contributed by atoms with Gasteiger partial charge in [0.1, 0.15) is 11.6 Å². The number of rotatable bonds is 4. The smallest absolute Gasteiger partial charge is 0.314 e. The van der Waals surface area contributed by atoms with Gasteiger partial charge in [-0.3, -0.25) is 19.4 Å². The van der Waals surface area contributed by atoms with Gasteiger partial charge in [-0.15, -0.1) is 0 Å². The molecule has 28 heavy (non-hydrogen) atoms. The molecule has 0 saturated heterocycles. The Morgan fingerprint density at radius 2 is 1.82 bits per heavy atom. The fourth-order valence-corrected chi connectivity index (χ4v) is 2.45. The second-order valence-corrected chi connectivity index (χ2v) is 6.06. The number of carbonyl (C=O) groups is 2. The minimum absolute atomic E-state index is 0.0670. The van der Waals surface area contributed by atoms with Gasteiger partial charge in [-0.1, -0.05) is 12.1 Å². The minimum atomic E-state index is -0.918. The molecule has 0 spiro atoms. The summed E-state index contributed by atoms with van der Waals surface area (Å²) in [7, 11) is 0. The monoisotopic (exact) mass is 384 g/mol. The third-order valence-corrected chi connectivity index (χ3v) is 3.70. The number of carbonyl (C=O) groups excluding carboxylic acids is 2. The Labute approximate surface area is 158 Å². The lowest BCUT2D eigenvalue weighted by atomic mass is 10.2. The standard InChI is InChI=1S/C18H17FN6O3/c1-10-8-15(26)23-18(21-10)25-14(7-11(2)24-25)22-17(28)16(27)20-9-12-3-5-13(19)6-4-12/h3-8H,9H2,1-2H3,(H,20,27)(H,22,28)(H,21,23,26). The summed E-state index contributed by atoms with van der Waals surface area (Å²) in [4.78, 5) is 42.6. The third kappa shape index (κ3) is 4.47. The number of anilines is 1. The second kappa shape index (κ2) is 7.82. The first-order valence-corrected chi connectivity index (χ1v) is 8.30. The predicted molar refractivity (Wildman–Crippen MR) is 98.3 cm³/mol. The van der Waals surface area contributed by atoms with Crippen LogP contribution in [0.25, 0.3) is 5.95 Å². The van der Waals surface area contributed by atoms with E-state index in [0.717, 1.165) is 0 Å². The van der Waals surface area contributed by atoms with E-state index in [9.17, 15) is 18.8 Å². The Kier molecular flexibility index (Phi) is 5.30. The molecule has 0 fully saturated rings. The molecule has 3 rings (SSSR count). The lowest BCUT2D eigenvalue weighted by Gasteiger charge is -2.09. The fraction of sp³-hybridized carbons (Fsp3) is 0.167. The Morgan fingerprint density at radius 3 is 2.50 bits per heavy atom. The molecule has 0 unspecified atom stereocenters. The van der Waals surface area contributed by atoms with Crippen LogP contribution in [0.15, 0.2) is 41.2 Å². The van der Waals surface area contributed by atoms with Crippen LogP contribution in [0.2, 0.25) is 0 Å². The van der Waals surface area contributed by atoms with Crippen molar-refractivity contribution in [3.63, 3.8) is 0 Å². The first-order valence-electron chi connectivity index (χ1n) is 8.30. The van der Waals surface area contributed by atoms with Crippen molar-refractivity contribution in [2.45, 2.75) is 20.4 Å². The van der Waals surface area contributed by atoms with Crippen LogP contribution in [0.4, 0.5) is 10.2 Å². The molecule has 0 saturated carbocycles. The van der Waals surface area contributed by atoms with E-state index in [1.54, 1.807) is 13.8 Å². The number of hydrogen-bond acceptors (Lipinski definition) is 5. The number of H-pyrrole nitrogens is 1. The molecule has 3 N–H and O–H groups in total. The van der Waals surface area contributed by atoms with Crippen molar-refractivity contribution in [3.8, 4) is 5.95 Å². The van der Waals surface area contributed by atoms with E-state index in [1.165, 1.54) is 41.1 Å². The highest BCUT2D eigenvalue weighted by molar-refractivity contribution is 6.39. The number of aromatic amines is 1. The zero-order valence-electron chi connectivity index (χ0n) is 15.1. The third-order valence-electron chi connectivity index (χ3n) is 3.70. The van der Waals surface area contributed by atoms with Gasteiger partial charge in [0.15, 0.2) is 0 Å². The number of benzene rings is 1. The molecule has 2 heterocycles. The molecule has 1 aromatic carbocycles. The average molecular weight is 384 g/mol. The topological polar surface area (TPSA) is 122 Å². The fourth-order valence-electron chi connectivity index (χ4n) is 2.45. The van der Waals surface area contributed by atoms with Gasteiger partial charge in [0.25, 0.3) is 5.56 Å². The molecule has 144 valence electrons. The van der Waals surface area contributed by atoms with Crippen molar-refractivity contribution in [1.82, 2.24) is 25.1 Å². The van der Waals surface area contributed by atoms with E-state index in [1.807, 2.05) is 0 Å². The SMILES string of the molecule is Cc1cc(=O)[nH]c(-n2nc(C)cc2NC(=O)C(=O)NCc2ccc(F)cc2)n1. The van der Waals surface area contributed by atoms with Crippen LogP contribution in [0.3, 0.4) is 0 Å². The van der Waals surface area contributed by atoms with Gasteiger partial charge in [-0.05, 0) is 31.5 Å². The maximum Gasteiger partial charge on any atom is 0.314 e. The number of amides is 2. The van der Waals surface area contributed by atoms with E-state index in [2.05, 4.69) is 25.7 Å². The van der Waals surface area contributed by atoms with Gasteiger partial charge < -0.3 is 10.6 Å². The van der Waals surface area contributed by atoms with E-state index >= 15 is 0 Å². The number of halogens is 1. The molecule has 2 aromatic heterocycles. The van der Waals surface area contributed by atoms with Crippen LogP contribution in [-0.2, 0) is 16.1 Å². The molecule has 2 amide bonds. The summed E-state index contributed by atoms with van der Waals surface area (Å²) in [5, 5.41) is 9.07. The lowest BCUT2D eigenvalue weighted by molar-refractivity contribution is -0.136. The van der Waals surface area contributed by atoms with E-state index in [0.29, 0.717) is 17.0 Å². The first kappa shape index (κ1) is 19.0. The van der Waals surface area contributed by atoms with Crippen LogP contribution in [0.5, 0.6) is 0 Å². The van der Waals surface area contributed by atoms with Gasteiger partial charge in [-0.25, -0.2) is 9.37 Å². The molecule has 0 bridgehead atoms. The molecule has 0 radical (unpaired) electrons. The highest BCUT2D eigenvalue weighted by Crippen LogP contribution is 2.13. The van der Waals surface area contributed by atoms with Crippen LogP contribution in [0, 0.1) is 19.7 Å². The van der Waals surface area contributed by atoms with E-state index < -0.39 is 11.8 Å². The predicted octanol–water partition coefficient (Wildman–Crippen LogP) is 0.966. The van der Waals surface area contributed by atoms with Crippen LogP contribution >= 0.6 is 0 Å². The molecule has 0 atom stereocenters. The van der Waals surface area contributed by atoms with Gasteiger partial charge in [0, 0.05) is 24.4 Å². The zero-order valence-corrected chi connectivity index (χ0v) is 15.1. The van der Waals surface area contributed by atoms with Crippen molar-refractivity contribution in [3.05, 3.63) is 69.5 Å². The van der Waals surface area contributed by atoms with Crippen molar-refractivity contribution in [2.75, 3.05) is 5.32 Å². The van der Waals surface area contributed by atoms with Crippen LogP contribution in [-0.4, -0.2) is 31.6 Å². The normalized spacial score (nSPS) is 10.5. The summed E-state index contributed by atoms with van der Waals surface area (Å²) >= 11 is 0. The molecular formula is C18H17FN6O3. The highest BCUT2D eigenvalue weighted by Gasteiger charge is 2.18. The van der Waals surface area contributed by atoms with E-state index in [-0.39, 0.29) is 29.7 Å². The maximum atomic E-state index is 12.9. The largest absolute Gasteiger partial charge is 0.344 e. The number of hydrogen-bond donors (Lipinski definition) is 3. The summed E-state index contributed by atoms with van der Waals surface area (Å²) in [5.74, 6) is -1.90. The summed E-state index contributed by atoms with van der Waals surface area (Å²) in [6.07, 6.45) is 0. The van der Waals surface area contributed by atoms with Gasteiger partial charge >= 0.3 is 11.8 Å². The highest BCUT2D eigenvalue weighted by atomic mass is 19.1. The first-order chi connectivity index (χ1) is 13.3. The molecule has 0 aliphatic rings. The number of aromatic nitrogens is 4. The Balaban J connectivity index is 1.72. The molecule has 10 heteroatoms. The molecule has 3 aromatic rings. The summed E-state index contributed by atoms with van der Waals surface area (Å²) in [6, 6.07) is 8.39. The summed E-state index contributed by atoms with van der Waals surface area (Å²) in [5.41, 5.74) is 1.29. The van der Waals surface area contributed by atoms with Gasteiger partial charge in [0.2, 0.25) is 5.95 Å². The zero-order chi connectivity index (χ0) is 20.3. The van der Waals surface area contributed by atoms with Gasteiger partial charge in [0.05, 0.1) is 5.69 Å². The van der Waals surface area contributed by atoms with Crippen molar-refractivity contribution in [1.29, 1.82) is 0 Å². The Hall–Kier alpha value is -3.82. The average Bonchev–Trinajstić information content (AvgIpc) is 3.00. The number of aryl methyl sites for hydroxylation is 2. The van der Waals surface area contributed by atoms with Gasteiger partial charge in [-0.2, -0.15) is 9.78 Å². The van der Waals surface area contributed by atoms with Crippen LogP contribution in [0.1, 0.15) is 17.0 Å². The van der Waals surface area contributed by atoms with Crippen molar-refractivity contribution < 1.29 is 14.0 Å². The maximum absolute atomic E-state index is 12.9. The molecular weight excluding hydrogens is 367 g/mol.